The van der Waals surface area contributed by atoms with Gasteiger partial charge in [-0.15, -0.1) is 0 Å². The average molecular weight is 251 g/mol. The quantitative estimate of drug-likeness (QED) is 0.755. The number of aryl methyl sites for hydroxylation is 1. The van der Waals surface area contributed by atoms with Gasteiger partial charge in [-0.25, -0.2) is 9.97 Å². The van der Waals surface area contributed by atoms with E-state index >= 15 is 0 Å². The molecule has 0 saturated heterocycles. The van der Waals surface area contributed by atoms with Crippen molar-refractivity contribution in [3.05, 3.63) is 42.2 Å². The minimum absolute atomic E-state index is 0.233. The summed E-state index contributed by atoms with van der Waals surface area (Å²) in [6, 6.07) is 11.8. The van der Waals surface area contributed by atoms with Crippen molar-refractivity contribution in [2.24, 2.45) is 0 Å². The Labute approximate surface area is 110 Å². The van der Waals surface area contributed by atoms with Gasteiger partial charge in [-0.3, -0.25) is 0 Å². The molecule has 2 heterocycles. The lowest BCUT2D eigenvalue weighted by atomic mass is 10.2. The molecule has 0 bridgehead atoms. The summed E-state index contributed by atoms with van der Waals surface area (Å²) in [7, 11) is 0. The molecule has 0 amide bonds. The molecule has 0 spiro atoms. The summed E-state index contributed by atoms with van der Waals surface area (Å²) in [6.07, 6.45) is 0.716. The average Bonchev–Trinajstić information content (AvgIpc) is 2.46. The summed E-state index contributed by atoms with van der Waals surface area (Å²) in [5.74, 6) is 1.43. The summed E-state index contributed by atoms with van der Waals surface area (Å²) in [5, 5.41) is 1.09. The third kappa shape index (κ3) is 2.22. The normalized spacial score (nSPS) is 10.8. The fourth-order valence-electron chi connectivity index (χ4n) is 1.90. The highest BCUT2D eigenvalue weighted by molar-refractivity contribution is 5.80. The molecule has 2 N–H and O–H groups in total. The van der Waals surface area contributed by atoms with E-state index in [-0.39, 0.29) is 5.95 Å². The van der Waals surface area contributed by atoms with E-state index in [9.17, 15) is 0 Å². The highest BCUT2D eigenvalue weighted by Gasteiger charge is 2.07. The number of rotatable bonds is 2. The van der Waals surface area contributed by atoms with Crippen molar-refractivity contribution >= 4 is 16.9 Å². The minimum Gasteiger partial charge on any atom is -0.368 e. The van der Waals surface area contributed by atoms with Crippen LogP contribution in [0.3, 0.4) is 0 Å². The summed E-state index contributed by atoms with van der Waals surface area (Å²) in [5.41, 5.74) is 7.32. The van der Waals surface area contributed by atoms with Gasteiger partial charge in [0.05, 0.1) is 5.52 Å². The zero-order valence-electron chi connectivity index (χ0n) is 10.5. The van der Waals surface area contributed by atoms with Gasteiger partial charge in [0.25, 0.3) is 0 Å². The van der Waals surface area contributed by atoms with Gasteiger partial charge in [-0.05, 0) is 12.1 Å². The smallest absolute Gasteiger partial charge is 0.223 e. The van der Waals surface area contributed by atoms with Crippen LogP contribution < -0.4 is 5.73 Å². The van der Waals surface area contributed by atoms with Crippen LogP contribution in [0.4, 0.5) is 5.95 Å². The van der Waals surface area contributed by atoms with Crippen LogP contribution in [0.15, 0.2) is 36.4 Å². The maximum absolute atomic E-state index is 5.69. The molecular formula is C14H13N5. The van der Waals surface area contributed by atoms with E-state index in [1.807, 2.05) is 43.3 Å². The Morgan fingerprint density at radius 2 is 1.79 bits per heavy atom. The fourth-order valence-corrected chi connectivity index (χ4v) is 1.90. The summed E-state index contributed by atoms with van der Waals surface area (Å²) < 4.78 is 0. The maximum atomic E-state index is 5.69. The van der Waals surface area contributed by atoms with E-state index in [4.69, 9.17) is 5.73 Å². The van der Waals surface area contributed by atoms with Gasteiger partial charge in [0.2, 0.25) is 5.95 Å². The largest absolute Gasteiger partial charge is 0.368 e. The van der Waals surface area contributed by atoms with E-state index in [0.29, 0.717) is 23.8 Å². The zero-order valence-corrected chi connectivity index (χ0v) is 10.5. The van der Waals surface area contributed by atoms with E-state index < -0.39 is 0 Å². The lowest BCUT2D eigenvalue weighted by Crippen LogP contribution is -2.04. The van der Waals surface area contributed by atoms with Crippen molar-refractivity contribution in [1.82, 2.24) is 19.9 Å². The van der Waals surface area contributed by atoms with Crippen LogP contribution in [-0.4, -0.2) is 19.9 Å². The first-order valence-electron chi connectivity index (χ1n) is 6.13. The van der Waals surface area contributed by atoms with Gasteiger partial charge in [0.15, 0.2) is 5.82 Å². The lowest BCUT2D eigenvalue weighted by Gasteiger charge is -2.04. The Morgan fingerprint density at radius 3 is 2.63 bits per heavy atom. The Balaban J connectivity index is 2.15. The molecule has 5 heteroatoms. The Hall–Kier alpha value is -2.56. The van der Waals surface area contributed by atoms with E-state index in [2.05, 4.69) is 19.9 Å². The molecule has 5 nitrogen and oxygen atoms in total. The number of fused-ring (bicyclic) bond motifs is 1. The SMILES string of the molecule is CCc1nc(N)nc(-c2ccc3ccccc3n2)n1. The number of benzene rings is 1. The van der Waals surface area contributed by atoms with Gasteiger partial charge in [-0.1, -0.05) is 31.2 Å². The molecule has 0 aliphatic carbocycles. The number of para-hydroxylation sites is 1. The van der Waals surface area contributed by atoms with E-state index in [1.54, 1.807) is 0 Å². The first kappa shape index (κ1) is 11.5. The van der Waals surface area contributed by atoms with E-state index in [1.165, 1.54) is 0 Å². The number of nitrogens with two attached hydrogens (primary N) is 1. The molecular weight excluding hydrogens is 238 g/mol. The number of pyridine rings is 1. The molecule has 0 radical (unpaired) electrons. The van der Waals surface area contributed by atoms with Crippen LogP contribution in [0.1, 0.15) is 12.7 Å². The van der Waals surface area contributed by atoms with Crippen LogP contribution in [0.25, 0.3) is 22.4 Å². The predicted octanol–water partition coefficient (Wildman–Crippen LogP) is 2.23. The molecule has 3 rings (SSSR count). The van der Waals surface area contributed by atoms with Crippen LogP contribution in [0.2, 0.25) is 0 Å². The van der Waals surface area contributed by atoms with E-state index in [0.717, 1.165) is 10.9 Å². The number of hydrogen-bond acceptors (Lipinski definition) is 5. The summed E-state index contributed by atoms with van der Waals surface area (Å²) >= 11 is 0. The molecule has 0 saturated carbocycles. The van der Waals surface area contributed by atoms with Crippen molar-refractivity contribution < 1.29 is 0 Å². The molecule has 1 aromatic carbocycles. The maximum Gasteiger partial charge on any atom is 0.223 e. The number of hydrogen-bond donors (Lipinski definition) is 1. The minimum atomic E-state index is 0.233. The molecule has 3 aromatic rings. The second-order valence-corrected chi connectivity index (χ2v) is 4.18. The molecule has 0 atom stereocenters. The van der Waals surface area contributed by atoms with Gasteiger partial charge in [0.1, 0.15) is 11.5 Å². The predicted molar refractivity (Wildman–Crippen MR) is 74.4 cm³/mol. The van der Waals surface area contributed by atoms with Crippen LogP contribution >= 0.6 is 0 Å². The molecule has 0 fully saturated rings. The third-order valence-electron chi connectivity index (χ3n) is 2.84. The highest BCUT2D eigenvalue weighted by atomic mass is 15.1. The van der Waals surface area contributed by atoms with Crippen molar-refractivity contribution in [3.63, 3.8) is 0 Å². The second-order valence-electron chi connectivity index (χ2n) is 4.18. The molecule has 0 aliphatic heterocycles. The number of aromatic nitrogens is 4. The zero-order chi connectivity index (χ0) is 13.2. The van der Waals surface area contributed by atoms with Crippen LogP contribution in [0, 0.1) is 0 Å². The molecule has 0 aliphatic rings. The van der Waals surface area contributed by atoms with Gasteiger partial charge < -0.3 is 5.73 Å². The topological polar surface area (TPSA) is 77.6 Å². The molecule has 0 unspecified atom stereocenters. The first-order chi connectivity index (χ1) is 9.26. The van der Waals surface area contributed by atoms with Gasteiger partial charge in [-0.2, -0.15) is 9.97 Å². The third-order valence-corrected chi connectivity index (χ3v) is 2.84. The Bertz CT molecular complexity index is 739. The van der Waals surface area contributed by atoms with Crippen molar-refractivity contribution in [2.45, 2.75) is 13.3 Å². The Morgan fingerprint density at radius 1 is 0.947 bits per heavy atom. The second kappa shape index (κ2) is 4.61. The highest BCUT2D eigenvalue weighted by Crippen LogP contribution is 2.18. The number of nitrogen functional groups attached to an aromatic ring is 1. The van der Waals surface area contributed by atoms with Crippen LogP contribution in [0.5, 0.6) is 0 Å². The first-order valence-corrected chi connectivity index (χ1v) is 6.13. The standard InChI is InChI=1S/C14H13N5/c1-2-12-17-13(19-14(15)18-12)11-8-7-9-5-3-4-6-10(9)16-11/h3-8H,2H2,1H3,(H2,15,17,18,19). The van der Waals surface area contributed by atoms with Gasteiger partial charge in [0, 0.05) is 11.8 Å². The molecule has 19 heavy (non-hydrogen) atoms. The summed E-state index contributed by atoms with van der Waals surface area (Å²) in [4.78, 5) is 17.1. The van der Waals surface area contributed by atoms with Crippen molar-refractivity contribution in [2.75, 3.05) is 5.73 Å². The van der Waals surface area contributed by atoms with Crippen LogP contribution in [-0.2, 0) is 6.42 Å². The van der Waals surface area contributed by atoms with Crippen molar-refractivity contribution in [1.29, 1.82) is 0 Å². The fraction of sp³-hybridized carbons (Fsp3) is 0.143. The Kier molecular flexibility index (Phi) is 2.79. The monoisotopic (exact) mass is 251 g/mol. The number of anilines is 1. The van der Waals surface area contributed by atoms with Gasteiger partial charge >= 0.3 is 0 Å². The molecule has 2 aromatic heterocycles. The summed E-state index contributed by atoms with van der Waals surface area (Å²) in [6.45, 7) is 1.98. The van der Waals surface area contributed by atoms with Crippen molar-refractivity contribution in [3.8, 4) is 11.5 Å². The molecule has 94 valence electrons. The number of nitrogens with zero attached hydrogens (tertiary/aromatic N) is 4. The lowest BCUT2D eigenvalue weighted by molar-refractivity contribution is 0.910.